The summed E-state index contributed by atoms with van der Waals surface area (Å²) in [5, 5.41) is 12.3. The lowest BCUT2D eigenvalue weighted by Gasteiger charge is -2.57. The molecule has 1 heterocycles. The van der Waals surface area contributed by atoms with Gasteiger partial charge >= 0.3 is 0 Å². The maximum Gasteiger partial charge on any atom is 0.157 e. The molecule has 0 saturated heterocycles. The highest BCUT2D eigenvalue weighted by atomic mass is 19.1. The fourth-order valence-corrected chi connectivity index (χ4v) is 9.03. The average molecular weight is 474 g/mol. The van der Waals surface area contributed by atoms with Crippen LogP contribution >= 0.6 is 0 Å². The number of hydrazine groups is 2. The lowest BCUT2D eigenvalue weighted by atomic mass is 9.49. The predicted octanol–water partition coefficient (Wildman–Crippen LogP) is 5.02. The minimum absolute atomic E-state index is 0.0251. The van der Waals surface area contributed by atoms with Gasteiger partial charge < -0.3 is 10.5 Å². The van der Waals surface area contributed by atoms with Crippen LogP contribution < -0.4 is 16.0 Å². The summed E-state index contributed by atoms with van der Waals surface area (Å²) in [5.41, 5.74) is 6.45. The number of rotatable bonds is 4. The SMILES string of the molecule is C[C@]12CC[C@H]3[C@@H](CC[C@@H]4C[C@@](O)(CF)CC[C@@H]43)[C@@H]1CC[C@@H]2C(=O)CN1NNc2ccc(F)cc21. The Bertz CT molecular complexity index is 975. The number of hydrogen-bond acceptors (Lipinski definition) is 5. The van der Waals surface area contributed by atoms with Crippen molar-refractivity contribution < 1.29 is 18.7 Å². The van der Waals surface area contributed by atoms with E-state index in [-0.39, 0.29) is 29.5 Å². The summed E-state index contributed by atoms with van der Waals surface area (Å²) < 4.78 is 27.2. The third-order valence-electron chi connectivity index (χ3n) is 10.6. The van der Waals surface area contributed by atoms with Gasteiger partial charge in [-0.25, -0.2) is 8.78 Å². The molecule has 8 atom stereocenters. The van der Waals surface area contributed by atoms with E-state index < -0.39 is 12.3 Å². The quantitative estimate of drug-likeness (QED) is 0.573. The minimum atomic E-state index is -1.10. The van der Waals surface area contributed by atoms with E-state index in [0.717, 1.165) is 50.6 Å². The Kier molecular flexibility index (Phi) is 5.45. The van der Waals surface area contributed by atoms with Gasteiger partial charge in [-0.15, -0.1) is 5.53 Å². The van der Waals surface area contributed by atoms with Crippen LogP contribution in [-0.4, -0.2) is 29.7 Å². The first-order valence-corrected chi connectivity index (χ1v) is 13.2. The van der Waals surface area contributed by atoms with Crippen LogP contribution in [0.2, 0.25) is 0 Å². The van der Waals surface area contributed by atoms with Gasteiger partial charge in [0.05, 0.1) is 23.5 Å². The van der Waals surface area contributed by atoms with Crippen molar-refractivity contribution in [3.8, 4) is 0 Å². The molecule has 0 radical (unpaired) electrons. The minimum Gasteiger partial charge on any atom is -0.387 e. The maximum absolute atomic E-state index is 13.8. The van der Waals surface area contributed by atoms with E-state index in [2.05, 4.69) is 17.9 Å². The number of nitrogens with zero attached hydrogens (tertiary/aromatic N) is 1. The molecule has 0 unspecified atom stereocenters. The molecule has 0 amide bonds. The van der Waals surface area contributed by atoms with Crippen LogP contribution in [0.15, 0.2) is 18.2 Å². The number of hydrogen-bond donors (Lipinski definition) is 3. The van der Waals surface area contributed by atoms with Gasteiger partial charge in [0.15, 0.2) is 5.78 Å². The summed E-state index contributed by atoms with van der Waals surface area (Å²) in [5.74, 6) is 2.91. The molecule has 7 heteroatoms. The number of benzene rings is 1. The van der Waals surface area contributed by atoms with Gasteiger partial charge in [-0.1, -0.05) is 6.92 Å². The molecule has 4 saturated carbocycles. The molecule has 1 aromatic carbocycles. The molecule has 4 aliphatic carbocycles. The summed E-state index contributed by atoms with van der Waals surface area (Å²) in [6, 6.07) is 4.57. The third-order valence-corrected chi connectivity index (χ3v) is 10.6. The second kappa shape index (κ2) is 8.16. The van der Waals surface area contributed by atoms with Crippen molar-refractivity contribution in [1.29, 1.82) is 0 Å². The number of fused-ring (bicyclic) bond motifs is 6. The van der Waals surface area contributed by atoms with E-state index in [1.807, 2.05) is 0 Å². The van der Waals surface area contributed by atoms with Gasteiger partial charge in [0.25, 0.3) is 0 Å². The number of carbonyl (C=O) groups is 1. The zero-order valence-corrected chi connectivity index (χ0v) is 20.0. The lowest BCUT2D eigenvalue weighted by Crippen LogP contribution is -2.52. The van der Waals surface area contributed by atoms with E-state index in [9.17, 15) is 18.7 Å². The Balaban J connectivity index is 1.16. The molecule has 1 aliphatic heterocycles. The van der Waals surface area contributed by atoms with Crippen molar-refractivity contribution in [3.63, 3.8) is 0 Å². The molecule has 0 aromatic heterocycles. The average Bonchev–Trinajstić information content (AvgIpc) is 3.39. The summed E-state index contributed by atoms with van der Waals surface area (Å²) in [6.45, 7) is 1.96. The highest BCUT2D eigenvalue weighted by Crippen LogP contribution is 2.64. The number of nitrogens with one attached hydrogen (secondary N) is 2. The first-order valence-electron chi connectivity index (χ1n) is 13.2. The third kappa shape index (κ3) is 3.48. The molecule has 4 fully saturated rings. The number of anilines is 2. The van der Waals surface area contributed by atoms with Crippen LogP contribution in [0.3, 0.4) is 0 Å². The maximum atomic E-state index is 13.8. The standard InChI is InChI=1S/C27H37F2N3O2/c1-26-10-8-19-18-9-11-27(34,15-28)13-16(18)2-4-20(19)21(26)5-6-22(26)25(33)14-32-24-12-17(29)3-7-23(24)30-31-32/h3,7,12,16,18-22,30-31,34H,2,4-6,8-11,13-15H2,1H3/t16-,18+,19-,20-,21+,22-,26+,27-/m1/s1. The van der Waals surface area contributed by atoms with Crippen LogP contribution in [0.1, 0.15) is 64.7 Å². The molecular formula is C27H37F2N3O2. The highest BCUT2D eigenvalue weighted by Gasteiger charge is 2.59. The Morgan fingerprint density at radius 3 is 2.76 bits per heavy atom. The zero-order chi connectivity index (χ0) is 23.7. The van der Waals surface area contributed by atoms with Crippen molar-refractivity contribution in [2.24, 2.45) is 40.9 Å². The lowest BCUT2D eigenvalue weighted by molar-refractivity contribution is -0.132. The monoisotopic (exact) mass is 473 g/mol. The second-order valence-electron chi connectivity index (χ2n) is 12.2. The van der Waals surface area contributed by atoms with Gasteiger partial charge in [0, 0.05) is 12.0 Å². The Morgan fingerprint density at radius 2 is 1.94 bits per heavy atom. The van der Waals surface area contributed by atoms with Gasteiger partial charge in [0.2, 0.25) is 0 Å². The van der Waals surface area contributed by atoms with Crippen LogP contribution in [0.5, 0.6) is 0 Å². The number of aliphatic hydroxyl groups is 1. The smallest absolute Gasteiger partial charge is 0.157 e. The summed E-state index contributed by atoms with van der Waals surface area (Å²) >= 11 is 0. The summed E-state index contributed by atoms with van der Waals surface area (Å²) in [4.78, 5) is 13.6. The normalized spacial score (nSPS) is 42.9. The zero-order valence-electron chi connectivity index (χ0n) is 20.0. The van der Waals surface area contributed by atoms with Crippen molar-refractivity contribution in [2.45, 2.75) is 70.3 Å². The van der Waals surface area contributed by atoms with E-state index in [1.54, 1.807) is 11.1 Å². The number of carbonyl (C=O) groups excluding carboxylic acids is 1. The van der Waals surface area contributed by atoms with Crippen LogP contribution in [-0.2, 0) is 4.79 Å². The van der Waals surface area contributed by atoms with Crippen LogP contribution in [0.25, 0.3) is 0 Å². The number of Topliss-reactive ketones (excluding diaryl/α,β-unsaturated/α-hetero) is 1. The van der Waals surface area contributed by atoms with Crippen LogP contribution in [0, 0.1) is 46.7 Å². The van der Waals surface area contributed by atoms with E-state index >= 15 is 0 Å². The summed E-state index contributed by atoms with van der Waals surface area (Å²) in [6.07, 6.45) is 8.67. The molecule has 1 aromatic rings. The van der Waals surface area contributed by atoms with E-state index in [1.165, 1.54) is 12.1 Å². The van der Waals surface area contributed by atoms with Crippen LogP contribution in [0.4, 0.5) is 20.2 Å². The fourth-order valence-electron chi connectivity index (χ4n) is 9.03. The molecular weight excluding hydrogens is 436 g/mol. The van der Waals surface area contributed by atoms with Gasteiger partial charge in [-0.2, -0.15) is 0 Å². The first kappa shape index (κ1) is 22.7. The Labute approximate surface area is 200 Å². The molecule has 3 N–H and O–H groups in total. The molecule has 5 nitrogen and oxygen atoms in total. The number of alkyl halides is 1. The predicted molar refractivity (Wildman–Crippen MR) is 127 cm³/mol. The fraction of sp³-hybridized carbons (Fsp3) is 0.741. The molecule has 0 bridgehead atoms. The largest absolute Gasteiger partial charge is 0.387 e. The van der Waals surface area contributed by atoms with Crippen molar-refractivity contribution >= 4 is 17.2 Å². The van der Waals surface area contributed by atoms with E-state index in [0.29, 0.717) is 48.1 Å². The van der Waals surface area contributed by atoms with Gasteiger partial charge in [-0.05, 0) is 105 Å². The highest BCUT2D eigenvalue weighted by molar-refractivity contribution is 5.88. The van der Waals surface area contributed by atoms with E-state index in [4.69, 9.17) is 0 Å². The van der Waals surface area contributed by atoms with Crippen molar-refractivity contribution in [2.75, 3.05) is 23.7 Å². The molecule has 6 rings (SSSR count). The molecule has 5 aliphatic rings. The number of ketones is 1. The topological polar surface area (TPSA) is 64.6 Å². The summed E-state index contributed by atoms with van der Waals surface area (Å²) in [7, 11) is 0. The molecule has 186 valence electrons. The first-order chi connectivity index (χ1) is 16.3. The molecule has 0 spiro atoms. The van der Waals surface area contributed by atoms with Crippen molar-refractivity contribution in [3.05, 3.63) is 24.0 Å². The number of halogens is 2. The van der Waals surface area contributed by atoms with Gasteiger partial charge in [0.1, 0.15) is 12.5 Å². The van der Waals surface area contributed by atoms with Crippen molar-refractivity contribution in [1.82, 2.24) is 5.53 Å². The Hall–Kier alpha value is -1.73. The second-order valence-corrected chi connectivity index (χ2v) is 12.2. The molecule has 34 heavy (non-hydrogen) atoms. The Morgan fingerprint density at radius 1 is 1.12 bits per heavy atom. The van der Waals surface area contributed by atoms with Gasteiger partial charge in [-0.3, -0.25) is 9.80 Å².